The second-order valence-electron chi connectivity index (χ2n) is 2.34. The summed E-state index contributed by atoms with van der Waals surface area (Å²) in [5, 5.41) is 18.6. The summed E-state index contributed by atoms with van der Waals surface area (Å²) in [6.45, 7) is 0. The molecular formula is C6H10BN3O2. The van der Waals surface area contributed by atoms with E-state index in [1.54, 1.807) is 18.2 Å². The topological polar surface area (TPSA) is 95.7 Å². The third kappa shape index (κ3) is 1.74. The largest absolute Gasteiger partial charge is 0.490 e. The van der Waals surface area contributed by atoms with Crippen molar-refractivity contribution in [2.24, 2.45) is 11.7 Å². The summed E-state index contributed by atoms with van der Waals surface area (Å²) in [5.41, 5.74) is 0.662. The molecule has 64 valence electrons. The summed E-state index contributed by atoms with van der Waals surface area (Å²) in [6.07, 6.45) is 0. The van der Waals surface area contributed by atoms with E-state index in [0.717, 1.165) is 5.12 Å². The highest BCUT2D eigenvalue weighted by Crippen LogP contribution is 2.03. The van der Waals surface area contributed by atoms with Crippen LogP contribution in [0.4, 0.5) is 5.69 Å². The number of rotatable bonds is 2. The van der Waals surface area contributed by atoms with Gasteiger partial charge in [-0.2, -0.15) is 0 Å². The fourth-order valence-corrected chi connectivity index (χ4v) is 0.941. The van der Waals surface area contributed by atoms with E-state index < -0.39 is 7.12 Å². The van der Waals surface area contributed by atoms with Gasteiger partial charge in [0.25, 0.3) is 0 Å². The third-order valence-corrected chi connectivity index (χ3v) is 1.49. The lowest BCUT2D eigenvalue weighted by Gasteiger charge is -2.15. The van der Waals surface area contributed by atoms with E-state index in [1.807, 2.05) is 0 Å². The zero-order valence-electron chi connectivity index (χ0n) is 6.38. The third-order valence-electron chi connectivity index (χ3n) is 1.49. The monoisotopic (exact) mass is 167 g/mol. The molecule has 1 aromatic carbocycles. The molecule has 0 heterocycles. The molecule has 12 heavy (non-hydrogen) atoms. The lowest BCUT2D eigenvalue weighted by Crippen LogP contribution is -2.44. The Hall–Kier alpha value is -1.08. The molecular weight excluding hydrogens is 157 g/mol. The average molecular weight is 167 g/mol. The fourth-order valence-electron chi connectivity index (χ4n) is 0.941. The molecule has 1 aromatic rings. The lowest BCUT2D eigenvalue weighted by atomic mass is 9.79. The molecule has 0 aliphatic carbocycles. The quantitative estimate of drug-likeness (QED) is 0.230. The second-order valence-corrected chi connectivity index (χ2v) is 2.34. The summed E-state index contributed by atoms with van der Waals surface area (Å²) in [6, 6.07) is 6.50. The van der Waals surface area contributed by atoms with Gasteiger partial charge in [-0.25, -0.2) is 16.8 Å². The molecule has 0 atom stereocenters. The number of nitrogens with zero attached hydrogens (tertiary/aromatic N) is 1. The number of anilines is 1. The second kappa shape index (κ2) is 3.55. The number of hydrogen-bond donors (Lipinski definition) is 4. The van der Waals surface area contributed by atoms with Gasteiger partial charge in [0.15, 0.2) is 0 Å². The van der Waals surface area contributed by atoms with Crippen LogP contribution in [0, 0.1) is 0 Å². The molecule has 0 spiro atoms. The summed E-state index contributed by atoms with van der Waals surface area (Å²) in [5.74, 6) is 10.5. The Labute approximate surface area is 70.3 Å². The number of para-hydroxylation sites is 1. The first-order valence-corrected chi connectivity index (χ1v) is 3.37. The first-order valence-electron chi connectivity index (χ1n) is 3.37. The highest BCUT2D eigenvalue weighted by atomic mass is 16.4. The van der Waals surface area contributed by atoms with Crippen LogP contribution in [0.15, 0.2) is 24.3 Å². The van der Waals surface area contributed by atoms with E-state index in [9.17, 15) is 0 Å². The van der Waals surface area contributed by atoms with Gasteiger partial charge in [0.05, 0.1) is 5.69 Å². The van der Waals surface area contributed by atoms with Crippen molar-refractivity contribution in [3.05, 3.63) is 24.3 Å². The molecule has 6 N–H and O–H groups in total. The number of nitrogens with two attached hydrogens (primary N) is 2. The van der Waals surface area contributed by atoms with Crippen molar-refractivity contribution in [1.29, 1.82) is 0 Å². The first-order chi connectivity index (χ1) is 5.63. The standard InChI is InChI=1S/C6H10BN3O2/c8-10(9)6-4-2-1-3-5(6)7(11)12/h1-4,11-12H,8-9H2. The molecule has 0 fully saturated rings. The maximum atomic E-state index is 8.87. The van der Waals surface area contributed by atoms with Crippen LogP contribution in [0.3, 0.4) is 0 Å². The van der Waals surface area contributed by atoms with Gasteiger partial charge in [0.2, 0.25) is 0 Å². The van der Waals surface area contributed by atoms with Gasteiger partial charge in [-0.15, -0.1) is 0 Å². The maximum Gasteiger partial charge on any atom is 0.490 e. The Kier molecular flexibility index (Phi) is 2.67. The molecule has 1 rings (SSSR count). The predicted octanol–water partition coefficient (Wildman–Crippen LogP) is -2.08. The van der Waals surface area contributed by atoms with Crippen LogP contribution in [0.2, 0.25) is 0 Å². The fraction of sp³-hybridized carbons (Fsp3) is 0. The molecule has 0 aliphatic heterocycles. The molecule has 0 aromatic heterocycles. The maximum absolute atomic E-state index is 8.87. The molecule has 5 nitrogen and oxygen atoms in total. The van der Waals surface area contributed by atoms with Crippen molar-refractivity contribution in [2.45, 2.75) is 0 Å². The Bertz CT molecular complexity index is 240. The Morgan fingerprint density at radius 3 is 2.17 bits per heavy atom. The lowest BCUT2D eigenvalue weighted by molar-refractivity contribution is 0.425. The van der Waals surface area contributed by atoms with Crippen LogP contribution < -0.4 is 22.3 Å². The normalized spacial score (nSPS) is 9.67. The zero-order valence-corrected chi connectivity index (χ0v) is 6.38. The summed E-state index contributed by atoms with van der Waals surface area (Å²) < 4.78 is 0. The van der Waals surface area contributed by atoms with Crippen molar-refractivity contribution in [2.75, 3.05) is 5.12 Å². The van der Waals surface area contributed by atoms with Gasteiger partial charge in [0, 0.05) is 5.46 Å². The minimum absolute atomic E-state index is 0.280. The van der Waals surface area contributed by atoms with E-state index in [4.69, 9.17) is 21.7 Å². The minimum atomic E-state index is -1.56. The SMILES string of the molecule is NN(N)c1ccccc1B(O)O. The van der Waals surface area contributed by atoms with E-state index in [2.05, 4.69) is 0 Å². The molecule has 0 bridgehead atoms. The van der Waals surface area contributed by atoms with Gasteiger partial charge in [-0.3, -0.25) is 0 Å². The van der Waals surface area contributed by atoms with Gasteiger partial charge >= 0.3 is 7.12 Å². The summed E-state index contributed by atoms with van der Waals surface area (Å²) in [4.78, 5) is 0. The van der Waals surface area contributed by atoms with Gasteiger partial charge in [-0.05, 0) is 6.07 Å². The van der Waals surface area contributed by atoms with Crippen molar-refractivity contribution in [3.63, 3.8) is 0 Å². The predicted molar refractivity (Wildman–Crippen MR) is 47.1 cm³/mol. The first kappa shape index (κ1) is 9.02. The van der Waals surface area contributed by atoms with Gasteiger partial charge in [-0.1, -0.05) is 18.2 Å². The van der Waals surface area contributed by atoms with E-state index in [0.29, 0.717) is 5.69 Å². The van der Waals surface area contributed by atoms with Crippen molar-refractivity contribution in [3.8, 4) is 0 Å². The van der Waals surface area contributed by atoms with Crippen molar-refractivity contribution < 1.29 is 10.0 Å². The van der Waals surface area contributed by atoms with E-state index in [-0.39, 0.29) is 5.46 Å². The van der Waals surface area contributed by atoms with Crippen molar-refractivity contribution >= 4 is 18.3 Å². The van der Waals surface area contributed by atoms with E-state index in [1.165, 1.54) is 6.07 Å². The smallest absolute Gasteiger partial charge is 0.423 e. The van der Waals surface area contributed by atoms with Gasteiger partial charge < -0.3 is 10.0 Å². The average Bonchev–Trinajstić information content (AvgIpc) is 2.04. The number of benzene rings is 1. The molecule has 0 saturated carbocycles. The van der Waals surface area contributed by atoms with Crippen LogP contribution in [-0.2, 0) is 0 Å². The molecule has 0 saturated heterocycles. The van der Waals surface area contributed by atoms with Crippen LogP contribution >= 0.6 is 0 Å². The molecule has 0 radical (unpaired) electrons. The van der Waals surface area contributed by atoms with Crippen LogP contribution in [0.25, 0.3) is 0 Å². The molecule has 0 aliphatic rings. The van der Waals surface area contributed by atoms with Crippen LogP contribution in [0.1, 0.15) is 0 Å². The van der Waals surface area contributed by atoms with Gasteiger partial charge in [0.1, 0.15) is 0 Å². The van der Waals surface area contributed by atoms with E-state index >= 15 is 0 Å². The van der Waals surface area contributed by atoms with Crippen LogP contribution in [-0.4, -0.2) is 17.2 Å². The highest BCUT2D eigenvalue weighted by Gasteiger charge is 2.16. The Balaban J connectivity index is 3.09. The number of hydrogen-bond acceptors (Lipinski definition) is 5. The minimum Gasteiger partial charge on any atom is -0.423 e. The highest BCUT2D eigenvalue weighted by molar-refractivity contribution is 6.60. The molecule has 0 amide bonds. The van der Waals surface area contributed by atoms with Crippen molar-refractivity contribution in [1.82, 2.24) is 0 Å². The molecule has 6 heteroatoms. The Morgan fingerprint density at radius 2 is 1.75 bits per heavy atom. The Morgan fingerprint density at radius 1 is 1.17 bits per heavy atom. The summed E-state index contributed by atoms with van der Waals surface area (Å²) in [7, 11) is -1.56. The summed E-state index contributed by atoms with van der Waals surface area (Å²) >= 11 is 0. The van der Waals surface area contributed by atoms with Crippen LogP contribution in [0.5, 0.6) is 0 Å². The number of hydrazine groups is 2. The zero-order chi connectivity index (χ0) is 9.14. The molecule has 0 unspecified atom stereocenters.